The highest BCUT2D eigenvalue weighted by molar-refractivity contribution is 5.79. The second-order valence-electron chi connectivity index (χ2n) is 5.97. The Balaban J connectivity index is 2.33. The smallest absolute Gasteiger partial charge is 0.319 e. The first-order chi connectivity index (χ1) is 9.99. The molecule has 2 N–H and O–H groups in total. The van der Waals surface area contributed by atoms with Crippen LogP contribution >= 0.6 is 0 Å². The Morgan fingerprint density at radius 2 is 1.95 bits per heavy atom. The fourth-order valence-electron chi connectivity index (χ4n) is 2.64. The molecular formula is C15H29N3O3. The van der Waals surface area contributed by atoms with E-state index in [4.69, 9.17) is 5.11 Å². The molecule has 0 aromatic rings. The number of aliphatic hydroxyl groups excluding tert-OH is 1. The lowest BCUT2D eigenvalue weighted by Gasteiger charge is -2.33. The number of nitrogens with one attached hydrogen (secondary N) is 1. The standard InChI is InChI=1S/C15H29N3O3/c1-4-12(7-10-19)11-16-14(20)13-5-8-18(9-6-13)15(21)17(2)3/h12-13,19H,4-11H2,1-3H3,(H,16,20). The van der Waals surface area contributed by atoms with Crippen molar-refractivity contribution in [3.63, 3.8) is 0 Å². The van der Waals surface area contributed by atoms with Crippen molar-refractivity contribution in [1.82, 2.24) is 15.1 Å². The van der Waals surface area contributed by atoms with Crippen LogP contribution in [-0.2, 0) is 4.79 Å². The summed E-state index contributed by atoms with van der Waals surface area (Å²) in [6.45, 7) is 4.15. The molecule has 6 nitrogen and oxygen atoms in total. The molecule has 122 valence electrons. The lowest BCUT2D eigenvalue weighted by Crippen LogP contribution is -2.46. The van der Waals surface area contributed by atoms with E-state index in [1.807, 2.05) is 0 Å². The number of hydrogen-bond acceptors (Lipinski definition) is 3. The van der Waals surface area contributed by atoms with Gasteiger partial charge in [0, 0.05) is 46.3 Å². The first-order valence-electron chi connectivity index (χ1n) is 7.84. The first-order valence-corrected chi connectivity index (χ1v) is 7.84. The Morgan fingerprint density at radius 1 is 1.33 bits per heavy atom. The van der Waals surface area contributed by atoms with Crippen LogP contribution in [-0.4, -0.2) is 67.2 Å². The molecule has 0 aromatic heterocycles. The van der Waals surface area contributed by atoms with Gasteiger partial charge in [0.15, 0.2) is 0 Å². The minimum absolute atomic E-state index is 0.00263. The maximum absolute atomic E-state index is 12.1. The third kappa shape index (κ3) is 5.53. The van der Waals surface area contributed by atoms with E-state index >= 15 is 0 Å². The predicted octanol–water partition coefficient (Wildman–Crippen LogP) is 0.905. The molecule has 1 fully saturated rings. The lowest BCUT2D eigenvalue weighted by molar-refractivity contribution is -0.126. The number of carbonyl (C=O) groups excluding carboxylic acids is 2. The molecule has 0 spiro atoms. The minimum atomic E-state index is 0.00263. The van der Waals surface area contributed by atoms with Crippen molar-refractivity contribution in [2.24, 2.45) is 11.8 Å². The molecule has 0 aliphatic carbocycles. The van der Waals surface area contributed by atoms with E-state index in [0.717, 1.165) is 25.7 Å². The van der Waals surface area contributed by atoms with E-state index in [2.05, 4.69) is 12.2 Å². The summed E-state index contributed by atoms with van der Waals surface area (Å²) in [6.07, 6.45) is 3.13. The van der Waals surface area contributed by atoms with Crippen molar-refractivity contribution in [2.45, 2.75) is 32.6 Å². The van der Waals surface area contributed by atoms with Gasteiger partial charge in [0.25, 0.3) is 0 Å². The number of nitrogens with zero attached hydrogens (tertiary/aromatic N) is 2. The quantitative estimate of drug-likeness (QED) is 0.765. The van der Waals surface area contributed by atoms with Crippen LogP contribution in [0.1, 0.15) is 32.6 Å². The summed E-state index contributed by atoms with van der Waals surface area (Å²) >= 11 is 0. The van der Waals surface area contributed by atoms with Gasteiger partial charge >= 0.3 is 6.03 Å². The Bertz CT molecular complexity index is 339. The second-order valence-corrected chi connectivity index (χ2v) is 5.97. The molecule has 6 heteroatoms. The third-order valence-electron chi connectivity index (χ3n) is 4.20. The first kappa shape index (κ1) is 17.8. The summed E-state index contributed by atoms with van der Waals surface area (Å²) in [7, 11) is 3.49. The molecule has 1 atom stereocenters. The predicted molar refractivity (Wildman–Crippen MR) is 81.9 cm³/mol. The topological polar surface area (TPSA) is 72.9 Å². The van der Waals surface area contributed by atoms with Crippen molar-refractivity contribution in [3.8, 4) is 0 Å². The van der Waals surface area contributed by atoms with Gasteiger partial charge in [-0.25, -0.2) is 4.79 Å². The lowest BCUT2D eigenvalue weighted by atomic mass is 9.95. The van der Waals surface area contributed by atoms with Crippen LogP contribution < -0.4 is 5.32 Å². The maximum atomic E-state index is 12.1. The molecule has 1 rings (SSSR count). The van der Waals surface area contributed by atoms with Gasteiger partial charge < -0.3 is 20.2 Å². The SMILES string of the molecule is CCC(CCO)CNC(=O)C1CCN(C(=O)N(C)C)CC1. The molecule has 1 heterocycles. The second kappa shape index (κ2) is 8.87. The highest BCUT2D eigenvalue weighted by Crippen LogP contribution is 2.18. The monoisotopic (exact) mass is 299 g/mol. The molecule has 1 aliphatic heterocycles. The van der Waals surface area contributed by atoms with Crippen LogP contribution in [0.2, 0.25) is 0 Å². The van der Waals surface area contributed by atoms with Gasteiger partial charge in [-0.05, 0) is 25.2 Å². The fourth-order valence-corrected chi connectivity index (χ4v) is 2.64. The average molecular weight is 299 g/mol. The van der Waals surface area contributed by atoms with Gasteiger partial charge in [-0.3, -0.25) is 4.79 Å². The minimum Gasteiger partial charge on any atom is -0.396 e. The van der Waals surface area contributed by atoms with Crippen LogP contribution in [0.5, 0.6) is 0 Å². The summed E-state index contributed by atoms with van der Waals surface area (Å²) in [5.41, 5.74) is 0. The average Bonchev–Trinajstić information content (AvgIpc) is 2.50. The van der Waals surface area contributed by atoms with E-state index in [1.54, 1.807) is 23.9 Å². The van der Waals surface area contributed by atoms with Crippen molar-refractivity contribution >= 4 is 11.9 Å². The molecule has 1 saturated heterocycles. The molecule has 0 saturated carbocycles. The molecule has 1 unspecified atom stereocenters. The van der Waals surface area contributed by atoms with E-state index in [0.29, 0.717) is 25.6 Å². The zero-order chi connectivity index (χ0) is 15.8. The number of amides is 3. The maximum Gasteiger partial charge on any atom is 0.319 e. The van der Waals surface area contributed by atoms with E-state index in [1.165, 1.54) is 0 Å². The van der Waals surface area contributed by atoms with Crippen LogP contribution in [0.4, 0.5) is 4.79 Å². The van der Waals surface area contributed by atoms with Crippen molar-refractivity contribution in [1.29, 1.82) is 0 Å². The van der Waals surface area contributed by atoms with Crippen LogP contribution in [0.25, 0.3) is 0 Å². The van der Waals surface area contributed by atoms with Gasteiger partial charge in [0.2, 0.25) is 5.91 Å². The normalized spacial score (nSPS) is 17.4. The van der Waals surface area contributed by atoms with Gasteiger partial charge in [-0.15, -0.1) is 0 Å². The largest absolute Gasteiger partial charge is 0.396 e. The highest BCUT2D eigenvalue weighted by Gasteiger charge is 2.27. The number of aliphatic hydroxyl groups is 1. The molecule has 0 bridgehead atoms. The zero-order valence-corrected chi connectivity index (χ0v) is 13.5. The van der Waals surface area contributed by atoms with Gasteiger partial charge in [-0.1, -0.05) is 13.3 Å². The fraction of sp³-hybridized carbons (Fsp3) is 0.867. The Kier molecular flexibility index (Phi) is 7.50. The number of hydrogen-bond donors (Lipinski definition) is 2. The van der Waals surface area contributed by atoms with Gasteiger partial charge in [0.1, 0.15) is 0 Å². The molecule has 0 aromatic carbocycles. The zero-order valence-electron chi connectivity index (χ0n) is 13.5. The Hall–Kier alpha value is -1.30. The summed E-state index contributed by atoms with van der Waals surface area (Å²) in [4.78, 5) is 27.3. The van der Waals surface area contributed by atoms with E-state index in [9.17, 15) is 9.59 Å². The number of likely N-dealkylation sites (tertiary alicyclic amines) is 1. The van der Waals surface area contributed by atoms with E-state index in [-0.39, 0.29) is 24.5 Å². The number of rotatable bonds is 6. The molecule has 1 aliphatic rings. The Morgan fingerprint density at radius 3 is 2.43 bits per heavy atom. The van der Waals surface area contributed by atoms with Crippen molar-refractivity contribution in [3.05, 3.63) is 0 Å². The number of piperidine rings is 1. The highest BCUT2D eigenvalue weighted by atomic mass is 16.3. The molecular weight excluding hydrogens is 270 g/mol. The third-order valence-corrected chi connectivity index (χ3v) is 4.20. The molecule has 21 heavy (non-hydrogen) atoms. The summed E-state index contributed by atoms with van der Waals surface area (Å²) in [6, 6.07) is 0.0165. The van der Waals surface area contributed by atoms with Gasteiger partial charge in [0.05, 0.1) is 0 Å². The number of carbonyl (C=O) groups is 2. The van der Waals surface area contributed by atoms with E-state index < -0.39 is 0 Å². The van der Waals surface area contributed by atoms with Crippen LogP contribution in [0, 0.1) is 11.8 Å². The van der Waals surface area contributed by atoms with Gasteiger partial charge in [-0.2, -0.15) is 0 Å². The summed E-state index contributed by atoms with van der Waals surface area (Å²) < 4.78 is 0. The molecule has 3 amide bonds. The van der Waals surface area contributed by atoms with Crippen LogP contribution in [0.15, 0.2) is 0 Å². The van der Waals surface area contributed by atoms with Crippen molar-refractivity contribution < 1.29 is 14.7 Å². The van der Waals surface area contributed by atoms with Crippen molar-refractivity contribution in [2.75, 3.05) is 40.3 Å². The Labute approximate surface area is 127 Å². The summed E-state index contributed by atoms with van der Waals surface area (Å²) in [5.74, 6) is 0.431. The summed E-state index contributed by atoms with van der Waals surface area (Å²) in [5, 5.41) is 11.9. The number of urea groups is 1. The molecule has 0 radical (unpaired) electrons. The van der Waals surface area contributed by atoms with Crippen LogP contribution in [0.3, 0.4) is 0 Å².